The molecule has 1 N–H and O–H groups in total. The van der Waals surface area contributed by atoms with Crippen LogP contribution in [0.5, 0.6) is 5.75 Å². The van der Waals surface area contributed by atoms with Crippen LogP contribution in [0.4, 0.5) is 5.69 Å². The van der Waals surface area contributed by atoms with E-state index in [-0.39, 0.29) is 0 Å². The smallest absolute Gasteiger partial charge is 0.341 e. The molecule has 2 rings (SSSR count). The van der Waals surface area contributed by atoms with Crippen molar-refractivity contribution < 1.29 is 14.3 Å². The van der Waals surface area contributed by atoms with Gasteiger partial charge in [-0.1, -0.05) is 17.7 Å². The molecule has 1 aromatic heterocycles. The number of nitrogens with zero attached hydrogens (tertiary/aromatic N) is 1. The number of aromatic nitrogens is 1. The van der Waals surface area contributed by atoms with Crippen molar-refractivity contribution >= 4 is 23.3 Å². The van der Waals surface area contributed by atoms with Crippen molar-refractivity contribution in [3.8, 4) is 5.75 Å². The Balaban J connectivity index is 2.17. The number of ether oxygens (including phenoxy) is 2. The van der Waals surface area contributed by atoms with E-state index in [0.29, 0.717) is 22.9 Å². The second kappa shape index (κ2) is 6.95. The second-order valence-corrected chi connectivity index (χ2v) is 4.64. The molecule has 0 aliphatic carbocycles. The van der Waals surface area contributed by atoms with Gasteiger partial charge in [-0.3, -0.25) is 4.98 Å². The first-order chi connectivity index (χ1) is 10.2. The van der Waals surface area contributed by atoms with Crippen LogP contribution in [0.1, 0.15) is 15.9 Å². The van der Waals surface area contributed by atoms with Crippen LogP contribution < -0.4 is 10.1 Å². The lowest BCUT2D eigenvalue weighted by atomic mass is 10.1. The van der Waals surface area contributed by atoms with E-state index in [9.17, 15) is 4.79 Å². The number of methoxy groups -OCH3 is 2. The standard InChI is InChI=1S/C15H15ClN2O3/c1-20-14-4-3-10(7-11(14)15(19)21-2)8-18-13-5-6-17-9-12(13)16/h3-7,9H,8H2,1-2H3,(H,17,18). The van der Waals surface area contributed by atoms with Crippen molar-refractivity contribution in [1.29, 1.82) is 0 Å². The van der Waals surface area contributed by atoms with Gasteiger partial charge >= 0.3 is 5.97 Å². The minimum Gasteiger partial charge on any atom is -0.496 e. The fourth-order valence-electron chi connectivity index (χ4n) is 1.85. The van der Waals surface area contributed by atoms with E-state index in [4.69, 9.17) is 21.1 Å². The third kappa shape index (κ3) is 3.64. The fourth-order valence-corrected chi connectivity index (χ4v) is 2.04. The largest absolute Gasteiger partial charge is 0.496 e. The molecule has 1 aromatic carbocycles. The monoisotopic (exact) mass is 306 g/mol. The summed E-state index contributed by atoms with van der Waals surface area (Å²) in [6.45, 7) is 0.512. The minimum atomic E-state index is -0.435. The summed E-state index contributed by atoms with van der Waals surface area (Å²) in [7, 11) is 2.85. The quantitative estimate of drug-likeness (QED) is 0.860. The Morgan fingerprint density at radius 3 is 2.81 bits per heavy atom. The molecule has 0 saturated heterocycles. The average molecular weight is 307 g/mol. The Bertz CT molecular complexity index is 647. The van der Waals surface area contributed by atoms with Crippen molar-refractivity contribution in [2.45, 2.75) is 6.54 Å². The predicted octanol–water partition coefficient (Wildman–Crippen LogP) is 3.14. The first kappa shape index (κ1) is 15.1. The van der Waals surface area contributed by atoms with E-state index < -0.39 is 5.97 Å². The van der Waals surface area contributed by atoms with Crippen molar-refractivity contribution in [1.82, 2.24) is 4.98 Å². The summed E-state index contributed by atoms with van der Waals surface area (Å²) in [5.74, 6) is 0.0446. The molecule has 6 heteroatoms. The van der Waals surface area contributed by atoms with Crippen LogP contribution in [0.25, 0.3) is 0 Å². The van der Waals surface area contributed by atoms with Crippen molar-refractivity contribution in [3.63, 3.8) is 0 Å². The molecule has 1 heterocycles. The molecule has 5 nitrogen and oxygen atoms in total. The number of hydrogen-bond acceptors (Lipinski definition) is 5. The molecule has 0 aliphatic heterocycles. The molecular weight excluding hydrogens is 292 g/mol. The summed E-state index contributed by atoms with van der Waals surface area (Å²) in [4.78, 5) is 15.6. The highest BCUT2D eigenvalue weighted by Crippen LogP contribution is 2.23. The molecule has 110 valence electrons. The zero-order valence-corrected chi connectivity index (χ0v) is 12.5. The number of carbonyl (C=O) groups is 1. The number of nitrogens with one attached hydrogen (secondary N) is 1. The highest BCUT2D eigenvalue weighted by Gasteiger charge is 2.13. The van der Waals surface area contributed by atoms with Gasteiger partial charge in [-0.05, 0) is 23.8 Å². The summed E-state index contributed by atoms with van der Waals surface area (Å²) < 4.78 is 9.90. The van der Waals surface area contributed by atoms with Gasteiger partial charge in [0, 0.05) is 18.9 Å². The van der Waals surface area contributed by atoms with Crippen LogP contribution in [0, 0.1) is 0 Å². The van der Waals surface area contributed by atoms with Crippen LogP contribution in [0.2, 0.25) is 5.02 Å². The Morgan fingerprint density at radius 1 is 1.33 bits per heavy atom. The third-order valence-electron chi connectivity index (χ3n) is 2.92. The second-order valence-electron chi connectivity index (χ2n) is 4.24. The summed E-state index contributed by atoms with van der Waals surface area (Å²) in [5.41, 5.74) is 2.08. The lowest BCUT2D eigenvalue weighted by Gasteiger charge is -2.11. The molecule has 0 spiro atoms. The molecule has 2 aromatic rings. The van der Waals surface area contributed by atoms with Gasteiger partial charge in [0.15, 0.2) is 0 Å². The maximum Gasteiger partial charge on any atom is 0.341 e. The Labute approximate surface area is 127 Å². The summed E-state index contributed by atoms with van der Waals surface area (Å²) in [5, 5.41) is 3.73. The summed E-state index contributed by atoms with van der Waals surface area (Å²) in [6.07, 6.45) is 3.22. The SMILES string of the molecule is COC(=O)c1cc(CNc2ccncc2Cl)ccc1OC. The number of carbonyl (C=O) groups excluding carboxylic acids is 1. The number of esters is 1. The molecule has 0 atom stereocenters. The number of benzene rings is 1. The maximum absolute atomic E-state index is 11.7. The van der Waals surface area contributed by atoms with Gasteiger partial charge < -0.3 is 14.8 Å². The van der Waals surface area contributed by atoms with Crippen LogP contribution >= 0.6 is 11.6 Å². The zero-order valence-electron chi connectivity index (χ0n) is 11.7. The normalized spacial score (nSPS) is 10.0. The van der Waals surface area contributed by atoms with Crippen molar-refractivity contribution in [3.05, 3.63) is 52.8 Å². The fraction of sp³-hybridized carbons (Fsp3) is 0.200. The van der Waals surface area contributed by atoms with Crippen molar-refractivity contribution in [2.24, 2.45) is 0 Å². The topological polar surface area (TPSA) is 60.5 Å². The van der Waals surface area contributed by atoms with Gasteiger partial charge in [-0.15, -0.1) is 0 Å². The van der Waals surface area contributed by atoms with Gasteiger partial charge in [0.1, 0.15) is 11.3 Å². The molecule has 0 bridgehead atoms. The number of rotatable bonds is 5. The number of hydrogen-bond donors (Lipinski definition) is 1. The van der Waals surface area contributed by atoms with E-state index in [1.807, 2.05) is 6.07 Å². The summed E-state index contributed by atoms with van der Waals surface area (Å²) in [6, 6.07) is 7.12. The van der Waals surface area contributed by atoms with E-state index >= 15 is 0 Å². The van der Waals surface area contributed by atoms with Gasteiger partial charge in [0.25, 0.3) is 0 Å². The molecule has 0 unspecified atom stereocenters. The number of halogens is 1. The van der Waals surface area contributed by atoms with Crippen LogP contribution in [-0.4, -0.2) is 25.2 Å². The molecule has 0 aliphatic rings. The molecule has 0 amide bonds. The van der Waals surface area contributed by atoms with Gasteiger partial charge in [-0.2, -0.15) is 0 Å². The highest BCUT2D eigenvalue weighted by atomic mass is 35.5. The van der Waals surface area contributed by atoms with Gasteiger partial charge in [0.05, 0.1) is 24.9 Å². The van der Waals surface area contributed by atoms with E-state index in [1.54, 1.807) is 30.6 Å². The molecule has 0 fully saturated rings. The minimum absolute atomic E-state index is 0.389. The maximum atomic E-state index is 11.7. The van der Waals surface area contributed by atoms with Gasteiger partial charge in [0.2, 0.25) is 0 Å². The van der Waals surface area contributed by atoms with E-state index in [1.165, 1.54) is 14.2 Å². The lowest BCUT2D eigenvalue weighted by Crippen LogP contribution is -2.07. The van der Waals surface area contributed by atoms with Gasteiger partial charge in [-0.25, -0.2) is 4.79 Å². The predicted molar refractivity (Wildman–Crippen MR) is 80.9 cm³/mol. The average Bonchev–Trinajstić information content (AvgIpc) is 2.53. The number of anilines is 1. The first-order valence-corrected chi connectivity index (χ1v) is 6.62. The van der Waals surface area contributed by atoms with Crippen molar-refractivity contribution in [2.75, 3.05) is 19.5 Å². The Kier molecular flexibility index (Phi) is 5.00. The molecule has 21 heavy (non-hydrogen) atoms. The Hall–Kier alpha value is -2.27. The van der Waals surface area contributed by atoms with Crippen LogP contribution in [0.15, 0.2) is 36.7 Å². The third-order valence-corrected chi connectivity index (χ3v) is 3.23. The molecule has 0 saturated carbocycles. The van der Waals surface area contributed by atoms with E-state index in [2.05, 4.69) is 10.3 Å². The van der Waals surface area contributed by atoms with Crippen LogP contribution in [-0.2, 0) is 11.3 Å². The Morgan fingerprint density at radius 2 is 2.14 bits per heavy atom. The molecule has 0 radical (unpaired) electrons. The number of pyridine rings is 1. The highest BCUT2D eigenvalue weighted by molar-refractivity contribution is 6.33. The zero-order chi connectivity index (χ0) is 15.2. The first-order valence-electron chi connectivity index (χ1n) is 6.24. The van der Waals surface area contributed by atoms with E-state index in [0.717, 1.165) is 11.3 Å². The summed E-state index contributed by atoms with van der Waals surface area (Å²) >= 11 is 6.02. The lowest BCUT2D eigenvalue weighted by molar-refractivity contribution is 0.0597. The molecular formula is C15H15ClN2O3. The van der Waals surface area contributed by atoms with Crippen LogP contribution in [0.3, 0.4) is 0 Å².